The number of aryl methyl sites for hydroxylation is 1. The maximum absolute atomic E-state index is 12.2. The molecule has 20 heavy (non-hydrogen) atoms. The lowest BCUT2D eigenvalue weighted by Crippen LogP contribution is -2.28. The van der Waals surface area contributed by atoms with Crippen LogP contribution in [0.5, 0.6) is 0 Å². The largest absolute Gasteiger partial charge is 0.385 e. The van der Waals surface area contributed by atoms with Gasteiger partial charge < -0.3 is 10.1 Å². The quantitative estimate of drug-likeness (QED) is 0.785. The van der Waals surface area contributed by atoms with Gasteiger partial charge in [0.05, 0.1) is 17.6 Å². The van der Waals surface area contributed by atoms with Crippen molar-refractivity contribution in [2.45, 2.75) is 37.7 Å². The molecule has 2 N–H and O–H groups in total. The fourth-order valence-electron chi connectivity index (χ4n) is 2.16. The topological polar surface area (TPSA) is 67.4 Å². The molecule has 0 radical (unpaired) electrons. The SMILES string of the molecule is CC(C)OCCNS(=O)(=O)c1ccc2c(c1)NCCC2. The average molecular weight is 298 g/mol. The van der Waals surface area contributed by atoms with Gasteiger partial charge in [-0.1, -0.05) is 6.07 Å². The van der Waals surface area contributed by atoms with Crippen LogP contribution in [-0.4, -0.2) is 34.2 Å². The Bertz CT molecular complexity index is 556. The average Bonchev–Trinajstić information content (AvgIpc) is 2.43. The van der Waals surface area contributed by atoms with Crippen molar-refractivity contribution in [3.63, 3.8) is 0 Å². The second-order valence-corrected chi connectivity index (χ2v) is 6.93. The summed E-state index contributed by atoms with van der Waals surface area (Å²) in [5.41, 5.74) is 2.11. The third kappa shape index (κ3) is 3.94. The molecule has 0 amide bonds. The second kappa shape index (κ2) is 6.56. The molecule has 0 saturated heterocycles. The van der Waals surface area contributed by atoms with Gasteiger partial charge in [0, 0.05) is 18.8 Å². The molecule has 1 aromatic carbocycles. The zero-order chi connectivity index (χ0) is 14.6. The van der Waals surface area contributed by atoms with E-state index in [2.05, 4.69) is 10.0 Å². The van der Waals surface area contributed by atoms with Gasteiger partial charge >= 0.3 is 0 Å². The summed E-state index contributed by atoms with van der Waals surface area (Å²) in [5.74, 6) is 0. The molecule has 6 heteroatoms. The minimum atomic E-state index is -3.46. The van der Waals surface area contributed by atoms with Gasteiger partial charge in [-0.2, -0.15) is 0 Å². The minimum absolute atomic E-state index is 0.104. The lowest BCUT2D eigenvalue weighted by atomic mass is 10.0. The zero-order valence-electron chi connectivity index (χ0n) is 12.0. The van der Waals surface area contributed by atoms with Crippen LogP contribution < -0.4 is 10.0 Å². The first-order valence-electron chi connectivity index (χ1n) is 6.97. The fourth-order valence-corrected chi connectivity index (χ4v) is 3.20. The molecule has 0 bridgehead atoms. The van der Waals surface area contributed by atoms with Gasteiger partial charge in [-0.05, 0) is 44.4 Å². The number of hydrogen-bond acceptors (Lipinski definition) is 4. The van der Waals surface area contributed by atoms with Crippen molar-refractivity contribution < 1.29 is 13.2 Å². The molecule has 1 heterocycles. The maximum Gasteiger partial charge on any atom is 0.240 e. The fraction of sp³-hybridized carbons (Fsp3) is 0.571. The van der Waals surface area contributed by atoms with Crippen LogP contribution in [0.25, 0.3) is 0 Å². The molecular formula is C14H22N2O3S. The molecule has 2 rings (SSSR count). The summed E-state index contributed by atoms with van der Waals surface area (Å²) in [6, 6.07) is 5.26. The van der Waals surface area contributed by atoms with Crippen molar-refractivity contribution >= 4 is 15.7 Å². The highest BCUT2D eigenvalue weighted by Gasteiger charge is 2.17. The van der Waals surface area contributed by atoms with E-state index in [-0.39, 0.29) is 12.6 Å². The van der Waals surface area contributed by atoms with E-state index in [0.29, 0.717) is 11.5 Å². The summed E-state index contributed by atoms with van der Waals surface area (Å²) in [7, 11) is -3.46. The highest BCUT2D eigenvalue weighted by molar-refractivity contribution is 7.89. The van der Waals surface area contributed by atoms with Gasteiger partial charge in [0.1, 0.15) is 0 Å². The molecule has 0 spiro atoms. The van der Waals surface area contributed by atoms with Crippen molar-refractivity contribution in [2.75, 3.05) is 25.0 Å². The molecule has 1 aliphatic heterocycles. The van der Waals surface area contributed by atoms with Gasteiger partial charge in [-0.15, -0.1) is 0 Å². The lowest BCUT2D eigenvalue weighted by Gasteiger charge is -2.18. The molecule has 0 atom stereocenters. The van der Waals surface area contributed by atoms with Gasteiger partial charge in [0.15, 0.2) is 0 Å². The Morgan fingerprint density at radius 2 is 2.20 bits per heavy atom. The van der Waals surface area contributed by atoms with E-state index in [4.69, 9.17) is 4.74 Å². The van der Waals surface area contributed by atoms with E-state index in [1.807, 2.05) is 19.9 Å². The van der Waals surface area contributed by atoms with Crippen LogP contribution in [0, 0.1) is 0 Å². The highest BCUT2D eigenvalue weighted by Crippen LogP contribution is 2.24. The van der Waals surface area contributed by atoms with E-state index in [0.717, 1.165) is 25.1 Å². The monoisotopic (exact) mass is 298 g/mol. The second-order valence-electron chi connectivity index (χ2n) is 5.17. The number of rotatable bonds is 6. The molecule has 0 unspecified atom stereocenters. The van der Waals surface area contributed by atoms with Gasteiger partial charge in [-0.3, -0.25) is 0 Å². The van der Waals surface area contributed by atoms with Crippen LogP contribution in [0.15, 0.2) is 23.1 Å². The summed E-state index contributed by atoms with van der Waals surface area (Å²) in [4.78, 5) is 0.301. The molecule has 112 valence electrons. The molecule has 0 fully saturated rings. The molecule has 0 saturated carbocycles. The highest BCUT2D eigenvalue weighted by atomic mass is 32.2. The molecule has 0 aliphatic carbocycles. The Hall–Kier alpha value is -1.11. The van der Waals surface area contributed by atoms with Crippen LogP contribution in [0.3, 0.4) is 0 Å². The van der Waals surface area contributed by atoms with E-state index in [9.17, 15) is 8.42 Å². The van der Waals surface area contributed by atoms with E-state index in [1.165, 1.54) is 5.56 Å². The van der Waals surface area contributed by atoms with Gasteiger partial charge in [0.2, 0.25) is 10.0 Å². The number of benzene rings is 1. The Kier molecular flexibility index (Phi) is 5.01. The lowest BCUT2D eigenvalue weighted by molar-refractivity contribution is 0.0834. The Balaban J connectivity index is 2.02. The maximum atomic E-state index is 12.2. The predicted octanol–water partition coefficient (Wildman–Crippen LogP) is 1.75. The van der Waals surface area contributed by atoms with E-state index in [1.54, 1.807) is 12.1 Å². The zero-order valence-corrected chi connectivity index (χ0v) is 12.8. The first-order valence-corrected chi connectivity index (χ1v) is 8.45. The van der Waals surface area contributed by atoms with Crippen molar-refractivity contribution in [1.82, 2.24) is 4.72 Å². The van der Waals surface area contributed by atoms with E-state index < -0.39 is 10.0 Å². The summed E-state index contributed by atoms with van der Waals surface area (Å²) < 4.78 is 32.2. The van der Waals surface area contributed by atoms with Crippen molar-refractivity contribution in [2.24, 2.45) is 0 Å². The Morgan fingerprint density at radius 1 is 1.40 bits per heavy atom. The number of ether oxygens (including phenoxy) is 1. The Labute approximate surface area is 120 Å². The van der Waals surface area contributed by atoms with Crippen LogP contribution in [-0.2, 0) is 21.2 Å². The van der Waals surface area contributed by atoms with Gasteiger partial charge in [0.25, 0.3) is 0 Å². The van der Waals surface area contributed by atoms with Crippen molar-refractivity contribution in [3.8, 4) is 0 Å². The standard InChI is InChI=1S/C14H22N2O3S/c1-11(2)19-9-8-16-20(17,18)13-6-5-12-4-3-7-15-14(12)10-13/h5-6,10-11,15-16H,3-4,7-9H2,1-2H3. The minimum Gasteiger partial charge on any atom is -0.385 e. The van der Waals surface area contributed by atoms with Crippen molar-refractivity contribution in [1.29, 1.82) is 0 Å². The summed E-state index contributed by atoms with van der Waals surface area (Å²) in [6.45, 7) is 5.39. The predicted molar refractivity (Wildman–Crippen MR) is 79.5 cm³/mol. The normalized spacial score (nSPS) is 14.9. The Morgan fingerprint density at radius 3 is 2.95 bits per heavy atom. The molecule has 1 aromatic rings. The number of fused-ring (bicyclic) bond motifs is 1. The van der Waals surface area contributed by atoms with Crippen LogP contribution in [0.1, 0.15) is 25.8 Å². The summed E-state index contributed by atoms with van der Waals surface area (Å²) >= 11 is 0. The molecule has 0 aromatic heterocycles. The van der Waals surface area contributed by atoms with Crippen molar-refractivity contribution in [3.05, 3.63) is 23.8 Å². The molecular weight excluding hydrogens is 276 g/mol. The van der Waals surface area contributed by atoms with E-state index >= 15 is 0 Å². The third-order valence-corrected chi connectivity index (χ3v) is 4.63. The van der Waals surface area contributed by atoms with Crippen LogP contribution in [0.2, 0.25) is 0 Å². The molecule has 5 nitrogen and oxygen atoms in total. The first-order chi connectivity index (χ1) is 9.49. The molecule has 1 aliphatic rings. The first kappa shape index (κ1) is 15.3. The van der Waals surface area contributed by atoms with Crippen LogP contribution >= 0.6 is 0 Å². The van der Waals surface area contributed by atoms with Crippen LogP contribution in [0.4, 0.5) is 5.69 Å². The number of anilines is 1. The summed E-state index contributed by atoms with van der Waals surface area (Å²) in [6.07, 6.45) is 2.19. The smallest absolute Gasteiger partial charge is 0.240 e. The number of nitrogens with one attached hydrogen (secondary N) is 2. The summed E-state index contributed by atoms with van der Waals surface area (Å²) in [5, 5.41) is 3.24. The number of hydrogen-bond donors (Lipinski definition) is 2. The van der Waals surface area contributed by atoms with Gasteiger partial charge in [-0.25, -0.2) is 13.1 Å². The third-order valence-electron chi connectivity index (χ3n) is 3.18. The number of sulfonamides is 1.